The van der Waals surface area contributed by atoms with Gasteiger partial charge in [0.2, 0.25) is 0 Å². The van der Waals surface area contributed by atoms with E-state index in [2.05, 4.69) is 9.97 Å². The van der Waals surface area contributed by atoms with E-state index in [1.54, 1.807) is 54.9 Å². The van der Waals surface area contributed by atoms with Crippen LogP contribution in [0.4, 0.5) is 5.69 Å². The first-order valence-corrected chi connectivity index (χ1v) is 7.16. The molecule has 5 nitrogen and oxygen atoms in total. The molecule has 0 atom stereocenters. The summed E-state index contributed by atoms with van der Waals surface area (Å²) in [6.07, 6.45) is 6.26. The zero-order valence-electron chi connectivity index (χ0n) is 12.0. The smallest absolute Gasteiger partial charge is 0.272 e. The van der Waals surface area contributed by atoms with Gasteiger partial charge in [-0.2, -0.15) is 0 Å². The molecule has 3 aromatic rings. The van der Waals surface area contributed by atoms with Gasteiger partial charge in [0, 0.05) is 29.6 Å². The van der Waals surface area contributed by atoms with Crippen LogP contribution >= 0.6 is 11.8 Å². The van der Waals surface area contributed by atoms with Gasteiger partial charge >= 0.3 is 0 Å². The van der Waals surface area contributed by atoms with Crippen molar-refractivity contribution in [1.82, 2.24) is 9.97 Å². The second-order valence-corrected chi connectivity index (χ2v) is 4.96. The molecular formula is C17H12ClN3O2. The molecule has 0 aliphatic rings. The van der Waals surface area contributed by atoms with Crippen molar-refractivity contribution in [2.24, 2.45) is 0 Å². The van der Waals surface area contributed by atoms with Gasteiger partial charge in [-0.25, -0.2) is 4.42 Å². The zero-order chi connectivity index (χ0) is 16.1. The molecule has 114 valence electrons. The van der Waals surface area contributed by atoms with Gasteiger partial charge in [0.05, 0.1) is 24.3 Å². The minimum Gasteiger partial charge on any atom is -0.454 e. The summed E-state index contributed by atoms with van der Waals surface area (Å²) < 4.78 is 6.65. The molecular weight excluding hydrogens is 314 g/mol. The Kier molecular flexibility index (Phi) is 4.49. The molecule has 0 unspecified atom stereocenters. The molecule has 3 rings (SSSR count). The number of pyridine rings is 2. The van der Waals surface area contributed by atoms with Crippen molar-refractivity contribution in [3.05, 3.63) is 78.9 Å². The van der Waals surface area contributed by atoms with Crippen LogP contribution in [0.2, 0.25) is 0 Å². The summed E-state index contributed by atoms with van der Waals surface area (Å²) in [6.45, 7) is 0. The number of hydrogen-bond donors (Lipinski definition) is 0. The lowest BCUT2D eigenvalue weighted by Gasteiger charge is -2.14. The van der Waals surface area contributed by atoms with Crippen molar-refractivity contribution in [2.45, 2.75) is 0 Å². The number of anilines is 1. The fraction of sp³-hybridized carbons (Fsp3) is 0. The minimum atomic E-state index is -0.340. The predicted octanol–water partition coefficient (Wildman–Crippen LogP) is 4.07. The molecule has 0 bridgehead atoms. The van der Waals surface area contributed by atoms with Gasteiger partial charge in [0.25, 0.3) is 5.91 Å². The third kappa shape index (κ3) is 3.64. The van der Waals surface area contributed by atoms with Crippen LogP contribution in [0.3, 0.4) is 0 Å². The molecule has 23 heavy (non-hydrogen) atoms. The van der Waals surface area contributed by atoms with Gasteiger partial charge in [-0.3, -0.25) is 14.8 Å². The molecule has 0 N–H and O–H groups in total. The largest absolute Gasteiger partial charge is 0.454 e. The molecule has 0 fully saturated rings. The maximum Gasteiger partial charge on any atom is 0.272 e. The van der Waals surface area contributed by atoms with Crippen molar-refractivity contribution in [3.63, 3.8) is 0 Å². The Balaban J connectivity index is 1.80. The van der Waals surface area contributed by atoms with Gasteiger partial charge < -0.3 is 4.74 Å². The van der Waals surface area contributed by atoms with Crippen LogP contribution in [0.1, 0.15) is 10.4 Å². The summed E-state index contributed by atoms with van der Waals surface area (Å²) in [5.74, 6) is 0.691. The molecule has 2 aromatic heterocycles. The van der Waals surface area contributed by atoms with E-state index in [4.69, 9.17) is 16.5 Å². The van der Waals surface area contributed by atoms with Crippen LogP contribution in [0.25, 0.3) is 0 Å². The predicted molar refractivity (Wildman–Crippen MR) is 87.7 cm³/mol. The first-order chi connectivity index (χ1) is 11.2. The average Bonchev–Trinajstić information content (AvgIpc) is 2.62. The van der Waals surface area contributed by atoms with E-state index in [-0.39, 0.29) is 5.91 Å². The van der Waals surface area contributed by atoms with Crippen molar-refractivity contribution in [3.8, 4) is 11.5 Å². The quantitative estimate of drug-likeness (QED) is 0.678. The first kappa shape index (κ1) is 15.0. The maximum atomic E-state index is 12.3. The number of aromatic nitrogens is 2. The molecule has 0 radical (unpaired) electrons. The molecule has 0 aliphatic carbocycles. The van der Waals surface area contributed by atoms with E-state index in [0.29, 0.717) is 22.7 Å². The van der Waals surface area contributed by atoms with Crippen LogP contribution < -0.4 is 9.16 Å². The Hall–Kier alpha value is -2.92. The van der Waals surface area contributed by atoms with Crippen molar-refractivity contribution in [1.29, 1.82) is 0 Å². The van der Waals surface area contributed by atoms with Gasteiger partial charge in [-0.15, -0.1) is 0 Å². The Bertz CT molecular complexity index is 797. The molecule has 0 saturated carbocycles. The highest BCUT2D eigenvalue weighted by molar-refractivity contribution is 6.39. The van der Waals surface area contributed by atoms with E-state index in [9.17, 15) is 4.79 Å². The number of benzene rings is 1. The summed E-state index contributed by atoms with van der Waals surface area (Å²) in [7, 11) is 0. The molecule has 6 heteroatoms. The Labute approximate surface area is 138 Å². The van der Waals surface area contributed by atoms with E-state index >= 15 is 0 Å². The van der Waals surface area contributed by atoms with Crippen molar-refractivity contribution >= 4 is 23.4 Å². The Morgan fingerprint density at radius 2 is 1.74 bits per heavy atom. The first-order valence-electron chi connectivity index (χ1n) is 6.82. The second-order valence-electron chi connectivity index (χ2n) is 4.62. The summed E-state index contributed by atoms with van der Waals surface area (Å²) in [4.78, 5) is 20.4. The molecule has 1 amide bonds. The Morgan fingerprint density at radius 3 is 2.48 bits per heavy atom. The highest BCUT2D eigenvalue weighted by atomic mass is 35.5. The van der Waals surface area contributed by atoms with E-state index in [0.717, 1.165) is 4.42 Å². The Morgan fingerprint density at radius 1 is 0.957 bits per heavy atom. The highest BCUT2D eigenvalue weighted by Gasteiger charge is 2.16. The number of halogens is 1. The number of carbonyl (C=O) groups is 1. The maximum absolute atomic E-state index is 12.3. The standard InChI is InChI=1S/C17H12ClN3O2/c18-21(17(22)13-5-2-1-3-6-13)14-9-16(12-20-10-14)23-15-7-4-8-19-11-15/h1-12H. The summed E-state index contributed by atoms with van der Waals surface area (Å²) in [5, 5.41) is 0. The number of hydrogen-bond acceptors (Lipinski definition) is 4. The number of amides is 1. The highest BCUT2D eigenvalue weighted by Crippen LogP contribution is 2.26. The molecule has 1 aromatic carbocycles. The van der Waals surface area contributed by atoms with E-state index < -0.39 is 0 Å². The average molecular weight is 326 g/mol. The van der Waals surface area contributed by atoms with E-state index in [1.165, 1.54) is 12.4 Å². The molecule has 0 spiro atoms. The summed E-state index contributed by atoms with van der Waals surface area (Å²) >= 11 is 6.14. The third-order valence-electron chi connectivity index (χ3n) is 2.99. The third-order valence-corrected chi connectivity index (χ3v) is 3.34. The minimum absolute atomic E-state index is 0.340. The SMILES string of the molecule is O=C(c1ccccc1)N(Cl)c1cncc(Oc2cccnc2)c1. The van der Waals surface area contributed by atoms with Crippen molar-refractivity contribution < 1.29 is 9.53 Å². The van der Waals surface area contributed by atoms with Crippen LogP contribution in [-0.2, 0) is 0 Å². The van der Waals surface area contributed by atoms with Gasteiger partial charge in [-0.1, -0.05) is 18.2 Å². The van der Waals surface area contributed by atoms with Crippen LogP contribution in [0, 0.1) is 0 Å². The monoisotopic (exact) mass is 325 g/mol. The lowest BCUT2D eigenvalue weighted by Crippen LogP contribution is -2.20. The van der Waals surface area contributed by atoms with Crippen LogP contribution in [0.5, 0.6) is 11.5 Å². The number of rotatable bonds is 4. The number of nitrogens with zero attached hydrogens (tertiary/aromatic N) is 3. The summed E-state index contributed by atoms with van der Waals surface area (Å²) in [6, 6.07) is 13.9. The second kappa shape index (κ2) is 6.89. The van der Waals surface area contributed by atoms with Crippen LogP contribution in [-0.4, -0.2) is 15.9 Å². The summed E-state index contributed by atoms with van der Waals surface area (Å²) in [5.41, 5.74) is 0.906. The normalized spacial score (nSPS) is 10.1. The lowest BCUT2D eigenvalue weighted by atomic mass is 10.2. The molecule has 0 aliphatic heterocycles. The zero-order valence-corrected chi connectivity index (χ0v) is 12.7. The van der Waals surface area contributed by atoms with Gasteiger partial charge in [-0.05, 0) is 24.3 Å². The topological polar surface area (TPSA) is 55.3 Å². The number of carbonyl (C=O) groups excluding carboxylic acids is 1. The fourth-order valence-corrected chi connectivity index (χ4v) is 2.12. The van der Waals surface area contributed by atoms with Crippen LogP contribution in [0.15, 0.2) is 73.3 Å². The van der Waals surface area contributed by atoms with Gasteiger partial charge in [0.1, 0.15) is 11.5 Å². The fourth-order valence-electron chi connectivity index (χ4n) is 1.93. The number of ether oxygens (including phenoxy) is 1. The van der Waals surface area contributed by atoms with Gasteiger partial charge in [0.15, 0.2) is 0 Å². The van der Waals surface area contributed by atoms with E-state index in [1.807, 2.05) is 6.07 Å². The molecule has 2 heterocycles. The molecule has 0 saturated heterocycles. The lowest BCUT2D eigenvalue weighted by molar-refractivity contribution is 0.101. The van der Waals surface area contributed by atoms with Crippen molar-refractivity contribution in [2.75, 3.05) is 4.42 Å².